The quantitative estimate of drug-likeness (QED) is 0.0447. The number of carbonyl (C=O) groups is 6. The van der Waals surface area contributed by atoms with Crippen LogP contribution in [0.1, 0.15) is 230 Å². The fourth-order valence-corrected chi connectivity index (χ4v) is 8.72. The molecule has 3 rings (SSSR count). The van der Waals surface area contributed by atoms with Crippen LogP contribution in [0.15, 0.2) is 0 Å². The third-order valence-electron chi connectivity index (χ3n) is 9.54. The molecular weight excluding hydrogens is 1210 g/mol. The van der Waals surface area contributed by atoms with Gasteiger partial charge in [-0.25, -0.2) is 4.21 Å². The topological polar surface area (TPSA) is 272 Å². The molecule has 0 amide bonds. The summed E-state index contributed by atoms with van der Waals surface area (Å²) in [6, 6.07) is 0. The summed E-state index contributed by atoms with van der Waals surface area (Å²) in [7, 11) is -6.53. The lowest BCUT2D eigenvalue weighted by molar-refractivity contribution is -0.201. The fourth-order valence-electron chi connectivity index (χ4n) is 6.52. The summed E-state index contributed by atoms with van der Waals surface area (Å²) in [4.78, 5) is 63.5. The number of hydrogen-bond donors (Lipinski definition) is 0. The maximum absolute atomic E-state index is 11.5. The minimum Gasteiger partial charge on any atom is -0.466 e. The molecule has 0 spiro atoms. The molecule has 25 heteroatoms. The summed E-state index contributed by atoms with van der Waals surface area (Å²) in [5, 5.41) is 0. The average Bonchev–Trinajstić information content (AvgIpc) is 4.32. The SMILES string of the molecule is CC.CC.CC.CC.CC.CC(=O)OC1CCCC1.CC(=O)OC1CCOC1.CC(=O)OCCCCC[C@@H]1OC(COC(C)=O)[C@@H](C)[C@H](OC(C)=O)C1C.CC(C)=O.CCCOP(C)(C)=O.CCCOP(C)(C)=O.CCOP(C)(C)=O.CCOS(C)=O. The van der Waals surface area contributed by atoms with E-state index < -0.39 is 33.2 Å². The van der Waals surface area contributed by atoms with Crippen molar-refractivity contribution < 1.29 is 97.6 Å². The third-order valence-corrected chi connectivity index (χ3v) is 12.6. The Kier molecular flexibility index (Phi) is 90.8. The van der Waals surface area contributed by atoms with Crippen LogP contribution in [0.3, 0.4) is 0 Å². The van der Waals surface area contributed by atoms with E-state index in [1.807, 2.05) is 104 Å². The fraction of sp³-hybridized carbons (Fsp3) is 0.903. The van der Waals surface area contributed by atoms with Gasteiger partial charge in [0.2, 0.25) is 0 Å². The minimum absolute atomic E-state index is 0.0162. The largest absolute Gasteiger partial charge is 0.466 e. The summed E-state index contributed by atoms with van der Waals surface area (Å²) in [5.74, 6) is -1.13. The normalized spacial score (nSPS) is 18.0. The second-order valence-corrected chi connectivity index (χ2v) is 28.5. The average molecular weight is 1340 g/mol. The molecule has 0 aromatic carbocycles. The highest BCUT2D eigenvalue weighted by atomic mass is 32.2. The van der Waals surface area contributed by atoms with E-state index >= 15 is 0 Å². The van der Waals surface area contributed by atoms with Gasteiger partial charge in [0.25, 0.3) is 0 Å². The zero-order valence-corrected chi connectivity index (χ0v) is 64.3. The van der Waals surface area contributed by atoms with E-state index in [1.165, 1.54) is 67.6 Å². The first kappa shape index (κ1) is 106. The van der Waals surface area contributed by atoms with Crippen molar-refractivity contribution in [2.75, 3.05) is 99.1 Å². The number of carbonyl (C=O) groups excluding carboxylic acids is 6. The standard InChI is InChI=1S/C19H32O7.C7H12O2.C6H10O3.2C5H13O2P.C4H11O2P.C3H8O2S.C3H6O.5C2H6/c1-12-17(9-7-6-8-10-23-14(3)20)26-18(11-24-15(4)21)13(2)19(12)25-16(5)22;1-6(8)9-7-4-2-3-5-7;1-5(7)9-6-2-3-8-4-6;2*1-4-5-7-8(2,3)6;1-4-6-7(2,3)5;1-3-5-6(2)4;1-3(2)4;5*1-2/h12-13,17-19H,6-11H2,1-5H3;7H,2-5H2,1H3;6H,2-4H2,1H3;2*4-5H2,1-3H3;4H2,1-3H3;3H2,1-2H3;1-2H3;5*1-2H3/t12?,13-,17+,18?,19-;;;;;;;;;;;;/m1............/s1. The zero-order chi connectivity index (χ0) is 70.8. The molecule has 0 aromatic rings. The molecule has 2 aliphatic heterocycles. The van der Waals surface area contributed by atoms with Crippen LogP contribution in [0.2, 0.25) is 0 Å². The minimum atomic E-state index is -2.18. The molecule has 0 N–H and O–H groups in total. The van der Waals surface area contributed by atoms with Crippen LogP contribution >= 0.6 is 22.1 Å². The highest BCUT2D eigenvalue weighted by Crippen LogP contribution is 2.38. The van der Waals surface area contributed by atoms with Crippen molar-refractivity contribution >= 4 is 68.8 Å². The van der Waals surface area contributed by atoms with Gasteiger partial charge in [-0.3, -0.25) is 41.9 Å². The van der Waals surface area contributed by atoms with Crippen LogP contribution in [0.25, 0.3) is 0 Å². The molecule has 7 atom stereocenters. The number of rotatable bonds is 21. The Morgan fingerprint density at radius 2 is 0.885 bits per heavy atom. The van der Waals surface area contributed by atoms with E-state index in [4.69, 9.17) is 46.7 Å². The highest BCUT2D eigenvalue weighted by molar-refractivity contribution is 7.79. The van der Waals surface area contributed by atoms with Crippen LogP contribution in [-0.4, -0.2) is 169 Å². The van der Waals surface area contributed by atoms with Gasteiger partial charge in [-0.15, -0.1) is 0 Å². The van der Waals surface area contributed by atoms with E-state index in [2.05, 4.69) is 4.18 Å². The van der Waals surface area contributed by atoms with Crippen molar-refractivity contribution in [1.82, 2.24) is 0 Å². The lowest BCUT2D eigenvalue weighted by Gasteiger charge is -2.44. The Morgan fingerprint density at radius 3 is 1.16 bits per heavy atom. The monoisotopic (exact) mass is 1340 g/mol. The first-order valence-corrected chi connectivity index (χ1v) is 40.6. The van der Waals surface area contributed by atoms with E-state index in [-0.39, 0.29) is 84.6 Å². The number of ketones is 1. The van der Waals surface area contributed by atoms with Crippen molar-refractivity contribution in [2.45, 2.75) is 260 Å². The molecule has 2 heterocycles. The van der Waals surface area contributed by atoms with Crippen LogP contribution in [0.4, 0.5) is 0 Å². The Morgan fingerprint density at radius 1 is 0.494 bits per heavy atom. The van der Waals surface area contributed by atoms with Gasteiger partial charge in [-0.2, -0.15) is 0 Å². The second kappa shape index (κ2) is 74.3. The van der Waals surface area contributed by atoms with Crippen molar-refractivity contribution in [3.05, 3.63) is 0 Å². The van der Waals surface area contributed by atoms with E-state index in [9.17, 15) is 46.7 Å². The van der Waals surface area contributed by atoms with Gasteiger partial charge in [0.05, 0.1) is 58.5 Å². The van der Waals surface area contributed by atoms with Crippen LogP contribution < -0.4 is 0 Å². The lowest BCUT2D eigenvalue weighted by atomic mass is 9.81. The number of unbranched alkanes of at least 4 members (excludes halogenated alkanes) is 2. The smallest absolute Gasteiger partial charge is 0.302 e. The molecule has 4 unspecified atom stereocenters. The Hall–Kier alpha value is -2.38. The molecular formula is C62H135O21P3S. The predicted octanol–water partition coefficient (Wildman–Crippen LogP) is 16.0. The van der Waals surface area contributed by atoms with Gasteiger partial charge in [-0.1, -0.05) is 103 Å². The maximum Gasteiger partial charge on any atom is 0.302 e. The van der Waals surface area contributed by atoms with E-state index in [1.54, 1.807) is 46.9 Å². The molecule has 3 fully saturated rings. The molecule has 87 heavy (non-hydrogen) atoms. The first-order chi connectivity index (χ1) is 40.5. The zero-order valence-electron chi connectivity index (χ0n) is 60.8. The van der Waals surface area contributed by atoms with Crippen molar-refractivity contribution in [3.8, 4) is 0 Å². The summed E-state index contributed by atoms with van der Waals surface area (Å²) in [6.45, 7) is 55.6. The Labute approximate surface area is 535 Å². The number of esters is 5. The second-order valence-electron chi connectivity index (χ2n) is 19.2. The molecule has 2 saturated heterocycles. The molecule has 0 radical (unpaired) electrons. The summed E-state index contributed by atoms with van der Waals surface area (Å²) < 4.78 is 97.7. The molecule has 3 aliphatic rings. The molecule has 0 aromatic heterocycles. The number of hydrogen-bond acceptors (Lipinski definition) is 21. The summed E-state index contributed by atoms with van der Waals surface area (Å²) >= 11 is -1.07. The van der Waals surface area contributed by atoms with E-state index in [0.29, 0.717) is 39.6 Å². The Bertz CT molecular complexity index is 1670. The van der Waals surface area contributed by atoms with Gasteiger partial charge in [-0.05, 0) is 85.5 Å². The Balaban J connectivity index is -0.000000103. The molecule has 21 nitrogen and oxygen atoms in total. The van der Waals surface area contributed by atoms with Crippen LogP contribution in [0.5, 0.6) is 0 Å². The van der Waals surface area contributed by atoms with Gasteiger partial charge in [0.15, 0.2) is 33.2 Å². The number of ether oxygens (including phenoxy) is 7. The van der Waals surface area contributed by atoms with Crippen LogP contribution in [-0.2, 0) is 104 Å². The molecule has 530 valence electrons. The van der Waals surface area contributed by atoms with Gasteiger partial charge in [0, 0.05) is 99.1 Å². The molecule has 1 aliphatic carbocycles. The predicted molar refractivity (Wildman–Crippen MR) is 361 cm³/mol. The molecule has 1 saturated carbocycles. The lowest BCUT2D eigenvalue weighted by Crippen LogP contribution is -2.52. The van der Waals surface area contributed by atoms with Crippen molar-refractivity contribution in [1.29, 1.82) is 0 Å². The third kappa shape index (κ3) is 100. The van der Waals surface area contributed by atoms with E-state index in [0.717, 1.165) is 64.4 Å². The molecule has 0 bridgehead atoms. The van der Waals surface area contributed by atoms with Crippen molar-refractivity contribution in [3.63, 3.8) is 0 Å². The van der Waals surface area contributed by atoms with Gasteiger partial charge >= 0.3 is 29.8 Å². The van der Waals surface area contributed by atoms with Crippen molar-refractivity contribution in [2.24, 2.45) is 11.8 Å². The summed E-state index contributed by atoms with van der Waals surface area (Å²) in [5.41, 5.74) is 0. The highest BCUT2D eigenvalue weighted by Gasteiger charge is 2.43. The maximum atomic E-state index is 11.5. The first-order valence-electron chi connectivity index (χ1n) is 31.5. The number of Topliss-reactive ketones (excluding diaryl/α,β-unsaturated/α-hetero) is 1. The summed E-state index contributed by atoms with van der Waals surface area (Å²) in [6.07, 6.45) is 11.9. The van der Waals surface area contributed by atoms with Gasteiger partial charge in [0.1, 0.15) is 30.7 Å². The van der Waals surface area contributed by atoms with Gasteiger partial charge < -0.3 is 51.5 Å². The van der Waals surface area contributed by atoms with Crippen LogP contribution in [0, 0.1) is 11.8 Å².